The Balaban J connectivity index is 2.57. The molecule has 0 aliphatic carbocycles. The van der Waals surface area contributed by atoms with E-state index in [1.54, 1.807) is 25.3 Å². The van der Waals surface area contributed by atoms with Crippen LogP contribution in [0.15, 0.2) is 47.2 Å². The number of methoxy groups -OCH3 is 1. The minimum atomic E-state index is -0.276. The highest BCUT2D eigenvalue weighted by molar-refractivity contribution is 5.68. The Hall–Kier alpha value is -3.95. The number of aromatic nitrogens is 1. The number of benzene rings is 1. The van der Waals surface area contributed by atoms with E-state index in [-0.39, 0.29) is 16.8 Å². The van der Waals surface area contributed by atoms with Crippen LogP contribution in [0.25, 0.3) is 11.8 Å². The molecule has 128 valence electrons. The normalized spacial score (nSPS) is 10.4. The van der Waals surface area contributed by atoms with Gasteiger partial charge >= 0.3 is 0 Å². The molecule has 1 aromatic carbocycles. The number of rotatable bonds is 4. The van der Waals surface area contributed by atoms with E-state index in [0.29, 0.717) is 0 Å². The lowest BCUT2D eigenvalue weighted by Crippen LogP contribution is -2.03. The van der Waals surface area contributed by atoms with E-state index in [1.807, 2.05) is 54.8 Å². The molecule has 0 amide bonds. The summed E-state index contributed by atoms with van der Waals surface area (Å²) in [7, 11) is 1.61. The van der Waals surface area contributed by atoms with E-state index in [1.165, 1.54) is 0 Å². The van der Waals surface area contributed by atoms with Crippen molar-refractivity contribution in [2.75, 3.05) is 7.11 Å². The number of nitriles is 3. The Labute approximate surface area is 152 Å². The fourth-order valence-corrected chi connectivity index (χ4v) is 2.67. The van der Waals surface area contributed by atoms with Crippen molar-refractivity contribution < 1.29 is 4.74 Å². The van der Waals surface area contributed by atoms with Crippen molar-refractivity contribution >= 4 is 6.08 Å². The Morgan fingerprint density at radius 1 is 1.08 bits per heavy atom. The topological polar surface area (TPSA) is 112 Å². The number of nitrogens with zero attached hydrogens (tertiary/aromatic N) is 4. The summed E-state index contributed by atoms with van der Waals surface area (Å²) in [6.45, 7) is 3.88. The first-order valence-corrected chi connectivity index (χ1v) is 7.72. The van der Waals surface area contributed by atoms with E-state index in [9.17, 15) is 5.26 Å². The van der Waals surface area contributed by atoms with Gasteiger partial charge in [-0.1, -0.05) is 0 Å². The van der Waals surface area contributed by atoms with Crippen LogP contribution in [-0.2, 0) is 0 Å². The lowest BCUT2D eigenvalue weighted by molar-refractivity contribution is 0.414. The van der Waals surface area contributed by atoms with Gasteiger partial charge < -0.3 is 15.0 Å². The molecule has 0 atom stereocenters. The zero-order valence-electron chi connectivity index (χ0n) is 14.7. The van der Waals surface area contributed by atoms with Gasteiger partial charge in [0.2, 0.25) is 0 Å². The van der Waals surface area contributed by atoms with Gasteiger partial charge in [-0.2, -0.15) is 15.8 Å². The standard InChI is InChI=1S/C20H17N5O/c1-13-8-15(9-16(10-21)20(24)17(11-22)12-23)14(2)25(13)18-4-6-19(26-3)7-5-18/h4-9H,24H2,1-3H3. The predicted octanol–water partition coefficient (Wildman–Crippen LogP) is 3.27. The maximum Gasteiger partial charge on any atom is 0.153 e. The van der Waals surface area contributed by atoms with Crippen molar-refractivity contribution in [3.05, 3.63) is 64.1 Å². The summed E-state index contributed by atoms with van der Waals surface area (Å²) < 4.78 is 7.22. The van der Waals surface area contributed by atoms with Crippen LogP contribution in [0.4, 0.5) is 0 Å². The van der Waals surface area contributed by atoms with Crippen LogP contribution in [-0.4, -0.2) is 11.7 Å². The average molecular weight is 343 g/mol. The minimum absolute atomic E-state index is 0.0816. The molecule has 0 aliphatic rings. The number of aryl methyl sites for hydroxylation is 1. The molecule has 0 unspecified atom stereocenters. The Morgan fingerprint density at radius 3 is 2.19 bits per heavy atom. The van der Waals surface area contributed by atoms with Crippen LogP contribution >= 0.6 is 0 Å². The number of ether oxygens (including phenoxy) is 1. The molecule has 2 rings (SSSR count). The van der Waals surface area contributed by atoms with Crippen LogP contribution in [0.5, 0.6) is 5.75 Å². The molecule has 2 aromatic rings. The first-order chi connectivity index (χ1) is 12.5. The molecule has 0 aliphatic heterocycles. The van der Waals surface area contributed by atoms with Crippen LogP contribution in [0.1, 0.15) is 17.0 Å². The van der Waals surface area contributed by atoms with Crippen LogP contribution in [0.3, 0.4) is 0 Å². The van der Waals surface area contributed by atoms with E-state index >= 15 is 0 Å². The third-order valence-electron chi connectivity index (χ3n) is 4.00. The molecule has 0 saturated carbocycles. The zero-order valence-corrected chi connectivity index (χ0v) is 14.7. The smallest absolute Gasteiger partial charge is 0.153 e. The van der Waals surface area contributed by atoms with Crippen molar-refractivity contribution in [2.24, 2.45) is 5.73 Å². The molecule has 0 fully saturated rings. The van der Waals surface area contributed by atoms with Gasteiger partial charge in [0.25, 0.3) is 0 Å². The lowest BCUT2D eigenvalue weighted by atomic mass is 10.1. The monoisotopic (exact) mass is 343 g/mol. The Kier molecular flexibility index (Phi) is 5.48. The quantitative estimate of drug-likeness (QED) is 0.676. The molecule has 1 aromatic heterocycles. The maximum atomic E-state index is 9.37. The fourth-order valence-electron chi connectivity index (χ4n) is 2.67. The summed E-state index contributed by atoms with van der Waals surface area (Å²) >= 11 is 0. The first kappa shape index (κ1) is 18.4. The van der Waals surface area contributed by atoms with Crippen molar-refractivity contribution in [1.82, 2.24) is 4.57 Å². The molecule has 0 bridgehead atoms. The molecule has 26 heavy (non-hydrogen) atoms. The third kappa shape index (κ3) is 3.43. The fraction of sp³-hybridized carbons (Fsp3) is 0.150. The second-order valence-corrected chi connectivity index (χ2v) is 5.54. The summed E-state index contributed by atoms with van der Waals surface area (Å²) in [5, 5.41) is 27.2. The summed E-state index contributed by atoms with van der Waals surface area (Å²) in [5.41, 5.74) is 9.11. The lowest BCUT2D eigenvalue weighted by Gasteiger charge is -2.10. The number of nitrogens with two attached hydrogens (primary N) is 1. The highest BCUT2D eigenvalue weighted by Crippen LogP contribution is 2.25. The van der Waals surface area contributed by atoms with Crippen LogP contribution < -0.4 is 10.5 Å². The van der Waals surface area contributed by atoms with Gasteiger partial charge in [-0.3, -0.25) is 0 Å². The summed E-state index contributed by atoms with van der Waals surface area (Å²) in [6.07, 6.45) is 1.59. The van der Waals surface area contributed by atoms with E-state index < -0.39 is 0 Å². The van der Waals surface area contributed by atoms with Gasteiger partial charge in [-0.05, 0) is 55.8 Å². The number of hydrogen-bond donors (Lipinski definition) is 1. The Bertz CT molecular complexity index is 1000. The van der Waals surface area contributed by atoms with Gasteiger partial charge in [0.05, 0.1) is 18.4 Å². The van der Waals surface area contributed by atoms with Crippen molar-refractivity contribution in [2.45, 2.75) is 13.8 Å². The van der Waals surface area contributed by atoms with Gasteiger partial charge in [-0.25, -0.2) is 0 Å². The molecular formula is C20H17N5O. The molecule has 6 heteroatoms. The highest BCUT2D eigenvalue weighted by Gasteiger charge is 2.13. The number of allylic oxidation sites excluding steroid dienone is 2. The zero-order chi connectivity index (χ0) is 19.3. The number of hydrogen-bond acceptors (Lipinski definition) is 5. The minimum Gasteiger partial charge on any atom is -0.497 e. The molecule has 0 spiro atoms. The van der Waals surface area contributed by atoms with Gasteiger partial charge in [0, 0.05) is 17.1 Å². The van der Waals surface area contributed by atoms with Crippen molar-refractivity contribution in [3.63, 3.8) is 0 Å². The van der Waals surface area contributed by atoms with E-state index in [2.05, 4.69) is 0 Å². The average Bonchev–Trinajstić information content (AvgIpc) is 2.94. The largest absolute Gasteiger partial charge is 0.497 e. The second-order valence-electron chi connectivity index (χ2n) is 5.54. The molecule has 0 radical (unpaired) electrons. The maximum absolute atomic E-state index is 9.37. The van der Waals surface area contributed by atoms with E-state index in [4.69, 9.17) is 21.0 Å². The predicted molar refractivity (Wildman–Crippen MR) is 97.8 cm³/mol. The van der Waals surface area contributed by atoms with Crippen LogP contribution in [0, 0.1) is 47.8 Å². The van der Waals surface area contributed by atoms with Gasteiger partial charge in [0.15, 0.2) is 5.57 Å². The summed E-state index contributed by atoms with van der Waals surface area (Å²) in [4.78, 5) is 0. The first-order valence-electron chi connectivity index (χ1n) is 7.72. The molecule has 2 N–H and O–H groups in total. The summed E-state index contributed by atoms with van der Waals surface area (Å²) in [6, 6.07) is 14.9. The van der Waals surface area contributed by atoms with Crippen molar-refractivity contribution in [3.8, 4) is 29.6 Å². The van der Waals surface area contributed by atoms with E-state index in [0.717, 1.165) is 28.4 Å². The molecular weight excluding hydrogens is 326 g/mol. The van der Waals surface area contributed by atoms with Gasteiger partial charge in [0.1, 0.15) is 24.0 Å². The SMILES string of the molecule is COc1ccc(-n2c(C)cc(C=C(C#N)C(N)=C(C#N)C#N)c2C)cc1. The van der Waals surface area contributed by atoms with Gasteiger partial charge in [-0.15, -0.1) is 0 Å². The Morgan fingerprint density at radius 2 is 1.69 bits per heavy atom. The van der Waals surface area contributed by atoms with Crippen LogP contribution in [0.2, 0.25) is 0 Å². The molecule has 6 nitrogen and oxygen atoms in total. The third-order valence-corrected chi connectivity index (χ3v) is 4.00. The second kappa shape index (κ2) is 7.75. The van der Waals surface area contributed by atoms with Crippen molar-refractivity contribution in [1.29, 1.82) is 15.8 Å². The molecule has 0 saturated heterocycles. The highest BCUT2D eigenvalue weighted by atomic mass is 16.5. The molecule has 1 heterocycles. The summed E-state index contributed by atoms with van der Waals surface area (Å²) in [5.74, 6) is 0.765.